The predicted molar refractivity (Wildman–Crippen MR) is 64.3 cm³/mol. The van der Waals surface area contributed by atoms with Gasteiger partial charge in [0.2, 0.25) is 0 Å². The highest BCUT2D eigenvalue weighted by atomic mass is 35.5. The Hall–Kier alpha value is -0.500. The molecule has 0 spiro atoms. The molecule has 0 saturated heterocycles. The largest absolute Gasteiger partial charge is 0.393 e. The van der Waals surface area contributed by atoms with Gasteiger partial charge in [-0.3, -0.25) is 0 Å². The Balaban J connectivity index is 2.29. The highest BCUT2D eigenvalue weighted by Gasteiger charge is 2.13. The predicted octanol–water partition coefficient (Wildman–Crippen LogP) is 3.92. The Bertz CT molecular complexity index is 378. The number of hydrogen-bond donors (Lipinski definition) is 1. The van der Waals surface area contributed by atoms with Gasteiger partial charge in [0.25, 0.3) is 0 Å². The summed E-state index contributed by atoms with van der Waals surface area (Å²) in [5.74, 6) is 0. The van der Waals surface area contributed by atoms with E-state index in [4.69, 9.17) is 23.2 Å². The van der Waals surface area contributed by atoms with Crippen LogP contribution < -0.4 is 0 Å². The Morgan fingerprint density at radius 2 is 1.80 bits per heavy atom. The maximum Gasteiger partial charge on any atom is 0.0578 e. The number of hydrogen-bond acceptors (Lipinski definition) is 1. The van der Waals surface area contributed by atoms with Gasteiger partial charge >= 0.3 is 0 Å². The van der Waals surface area contributed by atoms with Crippen LogP contribution in [0.25, 0.3) is 5.57 Å². The lowest BCUT2D eigenvalue weighted by molar-refractivity contribution is 0.166. The Morgan fingerprint density at radius 3 is 2.33 bits per heavy atom. The zero-order valence-electron chi connectivity index (χ0n) is 8.21. The first-order chi connectivity index (χ1) is 7.15. The highest BCUT2D eigenvalue weighted by molar-refractivity contribution is 6.34. The molecule has 1 nitrogen and oxygen atoms in total. The quantitative estimate of drug-likeness (QED) is 0.792. The molecule has 1 unspecified atom stereocenters. The van der Waals surface area contributed by atoms with Crippen molar-refractivity contribution in [3.63, 3.8) is 0 Å². The van der Waals surface area contributed by atoms with Crippen molar-refractivity contribution in [3.8, 4) is 0 Å². The van der Waals surface area contributed by atoms with E-state index >= 15 is 0 Å². The lowest BCUT2D eigenvalue weighted by Gasteiger charge is -2.17. The van der Waals surface area contributed by atoms with Crippen LogP contribution in [0.5, 0.6) is 0 Å². The first-order valence-corrected chi connectivity index (χ1v) is 5.74. The maximum atomic E-state index is 9.39. The van der Waals surface area contributed by atoms with Crippen LogP contribution in [0.2, 0.25) is 10.0 Å². The van der Waals surface area contributed by atoms with Crippen LogP contribution in [-0.2, 0) is 0 Å². The fraction of sp³-hybridized carbons (Fsp3) is 0.333. The zero-order valence-corrected chi connectivity index (χ0v) is 9.72. The minimum Gasteiger partial charge on any atom is -0.393 e. The maximum absolute atomic E-state index is 9.39. The molecule has 0 heterocycles. The van der Waals surface area contributed by atoms with Crippen LogP contribution in [0.4, 0.5) is 0 Å². The number of halogens is 2. The van der Waals surface area contributed by atoms with Gasteiger partial charge in [0.15, 0.2) is 0 Å². The summed E-state index contributed by atoms with van der Waals surface area (Å²) in [6.07, 6.45) is 4.30. The molecule has 15 heavy (non-hydrogen) atoms. The standard InChI is InChI=1S/C12H12Cl2O/c13-10-5-9(6-11(14)7-10)8-1-3-12(15)4-2-8/h1,5-7,12,15H,2-4H2. The van der Waals surface area contributed by atoms with Crippen LogP contribution >= 0.6 is 23.2 Å². The highest BCUT2D eigenvalue weighted by Crippen LogP contribution is 2.30. The fourth-order valence-corrected chi connectivity index (χ4v) is 2.35. The van der Waals surface area contributed by atoms with Gasteiger partial charge in [0, 0.05) is 10.0 Å². The molecule has 1 N–H and O–H groups in total. The van der Waals surface area contributed by atoms with Gasteiger partial charge in [-0.05, 0) is 48.6 Å². The minimum absolute atomic E-state index is 0.191. The molecule has 0 fully saturated rings. The summed E-state index contributed by atoms with van der Waals surface area (Å²) in [5, 5.41) is 10.7. The van der Waals surface area contributed by atoms with E-state index in [9.17, 15) is 5.11 Å². The van der Waals surface area contributed by atoms with Crippen LogP contribution in [0.3, 0.4) is 0 Å². The van der Waals surface area contributed by atoms with E-state index < -0.39 is 0 Å². The van der Waals surface area contributed by atoms with Gasteiger partial charge in [-0.1, -0.05) is 29.3 Å². The van der Waals surface area contributed by atoms with Gasteiger partial charge in [0.1, 0.15) is 0 Å². The summed E-state index contributed by atoms with van der Waals surface area (Å²) in [4.78, 5) is 0. The minimum atomic E-state index is -0.191. The van der Waals surface area contributed by atoms with E-state index in [1.165, 1.54) is 5.57 Å². The zero-order chi connectivity index (χ0) is 10.8. The number of allylic oxidation sites excluding steroid dienone is 1. The normalized spacial score (nSPS) is 21.3. The fourth-order valence-electron chi connectivity index (χ4n) is 1.82. The molecule has 0 amide bonds. The van der Waals surface area contributed by atoms with E-state index in [1.807, 2.05) is 12.1 Å². The summed E-state index contributed by atoms with van der Waals surface area (Å²) in [6.45, 7) is 0. The molecule has 3 heteroatoms. The van der Waals surface area contributed by atoms with Crippen molar-refractivity contribution in [3.05, 3.63) is 39.9 Å². The van der Waals surface area contributed by atoms with Crippen molar-refractivity contribution in [2.45, 2.75) is 25.4 Å². The average Bonchev–Trinajstić information content (AvgIpc) is 2.17. The van der Waals surface area contributed by atoms with Crippen molar-refractivity contribution in [1.82, 2.24) is 0 Å². The molecule has 80 valence electrons. The molecule has 1 atom stereocenters. The van der Waals surface area contributed by atoms with Crippen LogP contribution in [-0.4, -0.2) is 11.2 Å². The summed E-state index contributed by atoms with van der Waals surface area (Å²) in [5.41, 5.74) is 2.30. The monoisotopic (exact) mass is 242 g/mol. The smallest absolute Gasteiger partial charge is 0.0578 e. The average molecular weight is 243 g/mol. The molecule has 0 bridgehead atoms. The van der Waals surface area contributed by atoms with E-state index in [0.717, 1.165) is 24.8 Å². The van der Waals surface area contributed by atoms with Crippen molar-refractivity contribution >= 4 is 28.8 Å². The topological polar surface area (TPSA) is 20.2 Å². The molecule has 1 aliphatic rings. The summed E-state index contributed by atoms with van der Waals surface area (Å²) in [7, 11) is 0. The van der Waals surface area contributed by atoms with E-state index in [-0.39, 0.29) is 6.10 Å². The van der Waals surface area contributed by atoms with E-state index in [0.29, 0.717) is 10.0 Å². The van der Waals surface area contributed by atoms with Crippen molar-refractivity contribution in [1.29, 1.82) is 0 Å². The molecule has 1 aromatic rings. The van der Waals surface area contributed by atoms with Gasteiger partial charge in [0.05, 0.1) is 6.10 Å². The van der Waals surface area contributed by atoms with Gasteiger partial charge in [-0.25, -0.2) is 0 Å². The molecule has 0 aromatic heterocycles. The van der Waals surface area contributed by atoms with Crippen LogP contribution in [0, 0.1) is 0 Å². The number of aliphatic hydroxyl groups is 1. The second-order valence-corrected chi connectivity index (χ2v) is 4.69. The van der Waals surface area contributed by atoms with Crippen molar-refractivity contribution in [2.24, 2.45) is 0 Å². The van der Waals surface area contributed by atoms with Crippen LogP contribution in [0.15, 0.2) is 24.3 Å². The Morgan fingerprint density at radius 1 is 1.13 bits per heavy atom. The Kier molecular flexibility index (Phi) is 3.35. The lowest BCUT2D eigenvalue weighted by atomic mass is 9.92. The summed E-state index contributed by atoms with van der Waals surface area (Å²) >= 11 is 11.9. The number of benzene rings is 1. The molecule has 0 saturated carbocycles. The van der Waals surface area contributed by atoms with Gasteiger partial charge in [-0.15, -0.1) is 0 Å². The molecular formula is C12H12Cl2O. The van der Waals surface area contributed by atoms with Crippen molar-refractivity contribution < 1.29 is 5.11 Å². The third kappa shape index (κ3) is 2.75. The molecule has 1 aliphatic carbocycles. The third-order valence-electron chi connectivity index (χ3n) is 2.62. The summed E-state index contributed by atoms with van der Waals surface area (Å²) < 4.78 is 0. The summed E-state index contributed by atoms with van der Waals surface area (Å²) in [6, 6.07) is 5.55. The molecule has 0 aliphatic heterocycles. The number of rotatable bonds is 1. The molecule has 1 aromatic carbocycles. The molecular weight excluding hydrogens is 231 g/mol. The van der Waals surface area contributed by atoms with Crippen LogP contribution in [0.1, 0.15) is 24.8 Å². The van der Waals surface area contributed by atoms with Crippen molar-refractivity contribution in [2.75, 3.05) is 0 Å². The Labute approximate surface area is 99.3 Å². The van der Waals surface area contributed by atoms with Gasteiger partial charge in [-0.2, -0.15) is 0 Å². The second-order valence-electron chi connectivity index (χ2n) is 3.82. The van der Waals surface area contributed by atoms with E-state index in [1.54, 1.807) is 6.07 Å². The second kappa shape index (κ2) is 4.56. The van der Waals surface area contributed by atoms with E-state index in [2.05, 4.69) is 6.08 Å². The lowest BCUT2D eigenvalue weighted by Crippen LogP contribution is -2.09. The molecule has 2 rings (SSSR count). The third-order valence-corrected chi connectivity index (χ3v) is 3.05. The first-order valence-electron chi connectivity index (χ1n) is 4.99. The van der Waals surface area contributed by atoms with Gasteiger partial charge < -0.3 is 5.11 Å². The SMILES string of the molecule is OC1CC=C(c2cc(Cl)cc(Cl)c2)CC1. The number of aliphatic hydroxyl groups excluding tert-OH is 1. The molecule has 0 radical (unpaired) electrons. The first kappa shape index (κ1) is 11.0.